The van der Waals surface area contributed by atoms with Crippen molar-refractivity contribution in [3.63, 3.8) is 0 Å². The van der Waals surface area contributed by atoms with E-state index in [0.717, 1.165) is 10.6 Å². The lowest BCUT2D eigenvalue weighted by molar-refractivity contribution is 0.891. The number of nitrogens with zero attached hydrogens (tertiary/aromatic N) is 2. The minimum Gasteiger partial charge on any atom is -0.383 e. The molecule has 1 aromatic carbocycles. The van der Waals surface area contributed by atoms with E-state index >= 15 is 0 Å². The molecule has 2 aromatic rings. The summed E-state index contributed by atoms with van der Waals surface area (Å²) in [6.07, 6.45) is 1.75. The molecule has 0 amide bonds. The predicted molar refractivity (Wildman–Crippen MR) is 79.0 cm³/mol. The van der Waals surface area contributed by atoms with Crippen molar-refractivity contribution in [3.05, 3.63) is 34.4 Å². The zero-order chi connectivity index (χ0) is 13.3. The predicted octanol–water partition coefficient (Wildman–Crippen LogP) is 4.26. The molecule has 6 heteroatoms. The fraction of sp³-hybridized carbons (Fsp3) is 0.250. The summed E-state index contributed by atoms with van der Waals surface area (Å²) in [5.41, 5.74) is 6.81. The molecular weight excluding hydrogens is 289 g/mol. The molecule has 0 unspecified atom stereocenters. The van der Waals surface area contributed by atoms with E-state index in [1.54, 1.807) is 40.8 Å². The normalized spacial score (nSPS) is 11.2. The van der Waals surface area contributed by atoms with Crippen LogP contribution in [0.5, 0.6) is 0 Å². The summed E-state index contributed by atoms with van der Waals surface area (Å²) >= 11 is 13.7. The summed E-state index contributed by atoms with van der Waals surface area (Å²) in [5, 5.41) is 5.84. The van der Waals surface area contributed by atoms with Crippen LogP contribution in [0.2, 0.25) is 10.0 Å². The van der Waals surface area contributed by atoms with Gasteiger partial charge in [0.15, 0.2) is 0 Å². The number of nitrogens with two attached hydrogens (primary N) is 1. The van der Waals surface area contributed by atoms with Gasteiger partial charge in [0.25, 0.3) is 0 Å². The van der Waals surface area contributed by atoms with Crippen molar-refractivity contribution in [1.29, 1.82) is 0 Å². The van der Waals surface area contributed by atoms with E-state index in [2.05, 4.69) is 18.9 Å². The summed E-state index contributed by atoms with van der Waals surface area (Å²) in [6, 6.07) is 5.24. The van der Waals surface area contributed by atoms with Crippen molar-refractivity contribution in [2.45, 2.75) is 24.0 Å². The molecule has 18 heavy (non-hydrogen) atoms. The minimum absolute atomic E-state index is 0.450. The molecule has 0 saturated heterocycles. The topological polar surface area (TPSA) is 43.8 Å². The van der Waals surface area contributed by atoms with E-state index in [-0.39, 0.29) is 0 Å². The highest BCUT2D eigenvalue weighted by molar-refractivity contribution is 8.00. The van der Waals surface area contributed by atoms with Crippen LogP contribution in [-0.4, -0.2) is 15.0 Å². The number of benzene rings is 1. The second-order valence-corrected chi connectivity index (χ2v) is 6.53. The molecule has 96 valence electrons. The van der Waals surface area contributed by atoms with E-state index in [1.165, 1.54) is 0 Å². The molecule has 2 N–H and O–H groups in total. The maximum Gasteiger partial charge on any atom is 0.141 e. The quantitative estimate of drug-likeness (QED) is 0.861. The molecule has 0 bridgehead atoms. The van der Waals surface area contributed by atoms with Crippen molar-refractivity contribution in [1.82, 2.24) is 9.78 Å². The third kappa shape index (κ3) is 2.76. The number of rotatable bonds is 3. The maximum absolute atomic E-state index is 6.14. The highest BCUT2D eigenvalue weighted by Crippen LogP contribution is 2.32. The summed E-state index contributed by atoms with van der Waals surface area (Å²) in [6.45, 7) is 4.22. The van der Waals surface area contributed by atoms with Crippen LogP contribution < -0.4 is 5.73 Å². The number of aromatic nitrogens is 2. The van der Waals surface area contributed by atoms with E-state index in [0.29, 0.717) is 21.1 Å². The van der Waals surface area contributed by atoms with Gasteiger partial charge >= 0.3 is 0 Å². The van der Waals surface area contributed by atoms with E-state index < -0.39 is 0 Å². The smallest absolute Gasteiger partial charge is 0.141 e. The van der Waals surface area contributed by atoms with Gasteiger partial charge < -0.3 is 5.73 Å². The number of nitrogen functional groups attached to an aromatic ring is 1. The summed E-state index contributed by atoms with van der Waals surface area (Å²) in [4.78, 5) is 0.955. The van der Waals surface area contributed by atoms with E-state index in [1.807, 2.05) is 0 Å². The highest BCUT2D eigenvalue weighted by atomic mass is 35.5. The number of halogens is 2. The maximum atomic E-state index is 6.14. The summed E-state index contributed by atoms with van der Waals surface area (Å²) < 4.78 is 1.63. The Labute approximate surface area is 120 Å². The zero-order valence-electron chi connectivity index (χ0n) is 10.0. The highest BCUT2D eigenvalue weighted by Gasteiger charge is 2.13. The van der Waals surface area contributed by atoms with Gasteiger partial charge in [0.05, 0.1) is 21.8 Å². The largest absolute Gasteiger partial charge is 0.383 e. The average Bonchev–Trinajstić information content (AvgIpc) is 2.60. The molecule has 0 aliphatic heterocycles. The molecule has 0 radical (unpaired) electrons. The lowest BCUT2D eigenvalue weighted by atomic mass is 10.3. The van der Waals surface area contributed by atoms with Gasteiger partial charge in [0.1, 0.15) is 5.82 Å². The Balaban J connectivity index is 2.42. The van der Waals surface area contributed by atoms with Gasteiger partial charge in [0, 0.05) is 10.3 Å². The number of hydrogen-bond donors (Lipinski definition) is 1. The first-order chi connectivity index (χ1) is 8.49. The van der Waals surface area contributed by atoms with E-state index in [9.17, 15) is 0 Å². The van der Waals surface area contributed by atoms with Crippen molar-refractivity contribution in [2.24, 2.45) is 0 Å². The first-order valence-electron chi connectivity index (χ1n) is 5.44. The molecule has 0 saturated carbocycles. The summed E-state index contributed by atoms with van der Waals surface area (Å²) in [7, 11) is 0. The monoisotopic (exact) mass is 301 g/mol. The molecule has 0 aliphatic rings. The first-order valence-corrected chi connectivity index (χ1v) is 7.08. The molecule has 2 rings (SSSR count). The van der Waals surface area contributed by atoms with E-state index in [4.69, 9.17) is 28.9 Å². The fourth-order valence-electron chi connectivity index (χ4n) is 1.53. The molecular formula is C12H13Cl2N3S. The Morgan fingerprint density at radius 1 is 1.33 bits per heavy atom. The van der Waals surface area contributed by atoms with Crippen molar-refractivity contribution in [3.8, 4) is 5.69 Å². The Morgan fingerprint density at radius 3 is 2.67 bits per heavy atom. The Hall–Kier alpha value is -0.840. The van der Waals surface area contributed by atoms with Crippen molar-refractivity contribution >= 4 is 40.8 Å². The van der Waals surface area contributed by atoms with Gasteiger partial charge in [-0.25, -0.2) is 4.68 Å². The Kier molecular flexibility index (Phi) is 4.10. The van der Waals surface area contributed by atoms with Gasteiger partial charge in [-0.3, -0.25) is 0 Å². The second kappa shape index (κ2) is 5.43. The average molecular weight is 302 g/mol. The molecule has 0 fully saturated rings. The molecule has 0 aliphatic carbocycles. The zero-order valence-corrected chi connectivity index (χ0v) is 12.4. The lowest BCUT2D eigenvalue weighted by Gasteiger charge is -2.08. The minimum atomic E-state index is 0.450. The first kappa shape index (κ1) is 13.6. The molecule has 1 heterocycles. The van der Waals surface area contributed by atoms with Crippen molar-refractivity contribution < 1.29 is 0 Å². The third-order valence-corrected chi connectivity index (χ3v) is 3.85. The van der Waals surface area contributed by atoms with Crippen LogP contribution in [-0.2, 0) is 0 Å². The van der Waals surface area contributed by atoms with Crippen LogP contribution in [0.25, 0.3) is 5.69 Å². The van der Waals surface area contributed by atoms with Gasteiger partial charge in [-0.15, -0.1) is 11.8 Å². The van der Waals surface area contributed by atoms with Crippen LogP contribution in [0.1, 0.15) is 13.8 Å². The number of thioether (sulfide) groups is 1. The Morgan fingerprint density at radius 2 is 2.06 bits per heavy atom. The molecule has 0 atom stereocenters. The number of anilines is 1. The van der Waals surface area contributed by atoms with Crippen LogP contribution in [0, 0.1) is 0 Å². The van der Waals surface area contributed by atoms with Gasteiger partial charge in [-0.1, -0.05) is 37.0 Å². The SMILES string of the molecule is CC(C)Sc1cnn(-c2ccc(Cl)cc2Cl)c1N. The fourth-order valence-corrected chi connectivity index (χ4v) is 2.84. The number of hydrogen-bond acceptors (Lipinski definition) is 3. The molecule has 0 spiro atoms. The standard InChI is InChI=1S/C12H13Cl2N3S/c1-7(2)18-11-6-16-17(12(11)15)10-4-3-8(13)5-9(10)14/h3-7H,15H2,1-2H3. The third-order valence-electron chi connectivity index (χ3n) is 2.27. The van der Waals surface area contributed by atoms with Crippen molar-refractivity contribution in [2.75, 3.05) is 5.73 Å². The molecule has 1 aromatic heterocycles. The van der Waals surface area contributed by atoms with Crippen LogP contribution in [0.15, 0.2) is 29.3 Å². The van der Waals surface area contributed by atoms with Crippen LogP contribution >= 0.6 is 35.0 Å². The van der Waals surface area contributed by atoms with Gasteiger partial charge in [-0.05, 0) is 18.2 Å². The van der Waals surface area contributed by atoms with Crippen LogP contribution in [0.4, 0.5) is 5.82 Å². The van der Waals surface area contributed by atoms with Crippen LogP contribution in [0.3, 0.4) is 0 Å². The van der Waals surface area contributed by atoms with Gasteiger partial charge in [-0.2, -0.15) is 5.10 Å². The Bertz CT molecular complexity index is 566. The molecule has 3 nitrogen and oxygen atoms in total. The lowest BCUT2D eigenvalue weighted by Crippen LogP contribution is -2.03. The summed E-state index contributed by atoms with van der Waals surface area (Å²) in [5.74, 6) is 0.595. The van der Waals surface area contributed by atoms with Gasteiger partial charge in [0.2, 0.25) is 0 Å². The second-order valence-electron chi connectivity index (χ2n) is 4.07.